The van der Waals surface area contributed by atoms with Gasteiger partial charge in [0.05, 0.1) is 0 Å². The number of nitrogens with zero attached hydrogens (tertiary/aromatic N) is 2. The summed E-state index contributed by atoms with van der Waals surface area (Å²) in [5, 5.41) is 5.72. The summed E-state index contributed by atoms with van der Waals surface area (Å²) in [4.78, 5) is 42.7. The molecule has 3 amide bonds. The third kappa shape index (κ3) is 6.69. The number of carbonyl (C=O) groups excluding carboxylic acids is 3. The van der Waals surface area contributed by atoms with Crippen molar-refractivity contribution in [1.82, 2.24) is 20.4 Å². The van der Waals surface area contributed by atoms with Crippen molar-refractivity contribution < 1.29 is 28.2 Å². The van der Waals surface area contributed by atoms with Crippen LogP contribution in [0.3, 0.4) is 0 Å². The summed E-state index contributed by atoms with van der Waals surface area (Å²) >= 11 is 0. The molecular weight excluding hydrogens is 482 g/mol. The highest BCUT2D eigenvalue weighted by Crippen LogP contribution is 2.30. The van der Waals surface area contributed by atoms with E-state index in [0.717, 1.165) is 26.2 Å². The van der Waals surface area contributed by atoms with Gasteiger partial charge in [-0.2, -0.15) is 0 Å². The topological polar surface area (TPSA) is 91.0 Å². The highest BCUT2D eigenvalue weighted by atomic mass is 19.3. The second-order valence-electron chi connectivity index (χ2n) is 9.53. The van der Waals surface area contributed by atoms with E-state index in [1.165, 1.54) is 41.5 Å². The van der Waals surface area contributed by atoms with Crippen molar-refractivity contribution >= 4 is 17.7 Å². The van der Waals surface area contributed by atoms with Crippen molar-refractivity contribution in [3.8, 4) is 5.75 Å². The van der Waals surface area contributed by atoms with Gasteiger partial charge in [0.1, 0.15) is 11.9 Å². The van der Waals surface area contributed by atoms with Crippen LogP contribution in [0.15, 0.2) is 42.5 Å². The number of rotatable bonds is 6. The Kier molecular flexibility index (Phi) is 8.83. The molecule has 0 spiro atoms. The number of benzene rings is 2. The maximum Gasteiger partial charge on any atom is 0.255 e. The maximum absolute atomic E-state index is 12.8. The van der Waals surface area contributed by atoms with E-state index in [4.69, 9.17) is 0 Å². The molecule has 3 aliphatic heterocycles. The molecule has 0 radical (unpaired) electrons. The first-order valence-electron chi connectivity index (χ1n) is 12.6. The molecule has 0 aliphatic carbocycles. The number of likely N-dealkylation sites (tertiary alicyclic amines) is 1. The number of fused-ring (bicyclic) bond motifs is 1. The summed E-state index contributed by atoms with van der Waals surface area (Å²) in [5.74, 6) is -1.23. The molecule has 198 valence electrons. The van der Waals surface area contributed by atoms with Crippen molar-refractivity contribution in [2.24, 2.45) is 0 Å². The standard InChI is InChI=1S/C14H21FN2.C13H11FN2O4/c1-2-16-14-7-9-17(10-8-14)11-12-3-5-13(15)6-4-12;14-20-8-1-2-9-7(5-8)6-16(13(9)19)10-3-4-11(17)15-12(10)18/h3-6,14,16H,2,7-11H2,1H3;1-2,5,10H,3-4,6H2,(H,15,17,18). The summed E-state index contributed by atoms with van der Waals surface area (Å²) in [5.41, 5.74) is 2.23. The number of nitrogens with one attached hydrogen (secondary N) is 2. The van der Waals surface area contributed by atoms with Crippen molar-refractivity contribution in [3.63, 3.8) is 0 Å². The average Bonchev–Trinajstić information content (AvgIpc) is 3.22. The molecule has 2 aromatic rings. The molecule has 2 aromatic carbocycles. The van der Waals surface area contributed by atoms with Crippen molar-refractivity contribution in [1.29, 1.82) is 0 Å². The minimum absolute atomic E-state index is 0.0154. The summed E-state index contributed by atoms with van der Waals surface area (Å²) in [6.45, 7) is 6.63. The van der Waals surface area contributed by atoms with Gasteiger partial charge >= 0.3 is 0 Å². The normalized spacial score (nSPS) is 20.2. The highest BCUT2D eigenvalue weighted by Gasteiger charge is 2.39. The van der Waals surface area contributed by atoms with Crippen LogP contribution >= 0.6 is 0 Å². The predicted molar refractivity (Wildman–Crippen MR) is 133 cm³/mol. The SMILES string of the molecule is CCNC1CCN(Cc2ccc(F)cc2)CC1.O=C1CCC(N2Cc3cc(OF)ccc3C2=O)C(=O)N1. The van der Waals surface area contributed by atoms with Crippen LogP contribution in [0.5, 0.6) is 5.75 Å². The number of amides is 3. The van der Waals surface area contributed by atoms with Gasteiger partial charge in [0, 0.05) is 35.6 Å². The maximum atomic E-state index is 12.8. The van der Waals surface area contributed by atoms with Crippen molar-refractivity contribution in [3.05, 3.63) is 65.0 Å². The summed E-state index contributed by atoms with van der Waals surface area (Å²) < 4.78 is 24.9. The van der Waals surface area contributed by atoms with Crippen LogP contribution in [-0.4, -0.2) is 59.2 Å². The predicted octanol–water partition coefficient (Wildman–Crippen LogP) is 3.11. The minimum Gasteiger partial charge on any atom is -0.322 e. The molecule has 3 aliphatic rings. The van der Waals surface area contributed by atoms with Gasteiger partial charge in [-0.05, 0) is 80.4 Å². The summed E-state index contributed by atoms with van der Waals surface area (Å²) in [7, 11) is 0. The lowest BCUT2D eigenvalue weighted by atomic mass is 10.0. The molecule has 5 rings (SSSR count). The van der Waals surface area contributed by atoms with Gasteiger partial charge in [0.2, 0.25) is 11.8 Å². The van der Waals surface area contributed by atoms with Gasteiger partial charge in [0.15, 0.2) is 5.75 Å². The van der Waals surface area contributed by atoms with Crippen LogP contribution < -0.4 is 15.6 Å². The van der Waals surface area contributed by atoms with Gasteiger partial charge < -0.3 is 10.2 Å². The van der Waals surface area contributed by atoms with Gasteiger partial charge in [-0.15, -0.1) is 0 Å². The zero-order chi connectivity index (χ0) is 26.4. The lowest BCUT2D eigenvalue weighted by molar-refractivity contribution is -0.136. The van der Waals surface area contributed by atoms with Gasteiger partial charge in [-0.25, -0.2) is 4.39 Å². The van der Waals surface area contributed by atoms with Crippen LogP contribution in [0.2, 0.25) is 0 Å². The Morgan fingerprint density at radius 1 is 1.05 bits per heavy atom. The lowest BCUT2D eigenvalue weighted by Crippen LogP contribution is -2.52. The molecular formula is C27H32F2N4O4. The Labute approximate surface area is 214 Å². The number of halogens is 2. The Hall–Kier alpha value is -3.37. The number of hydrogen-bond acceptors (Lipinski definition) is 6. The summed E-state index contributed by atoms with van der Waals surface area (Å²) in [6.07, 6.45) is 2.94. The Morgan fingerprint density at radius 3 is 2.43 bits per heavy atom. The Balaban J connectivity index is 0.000000176. The molecule has 37 heavy (non-hydrogen) atoms. The van der Waals surface area contributed by atoms with Gasteiger partial charge in [-0.1, -0.05) is 19.1 Å². The zero-order valence-corrected chi connectivity index (χ0v) is 20.8. The van der Waals surface area contributed by atoms with Crippen LogP contribution in [0.25, 0.3) is 0 Å². The molecule has 1 atom stereocenters. The monoisotopic (exact) mass is 514 g/mol. The fourth-order valence-electron chi connectivity index (χ4n) is 5.03. The van der Waals surface area contributed by atoms with E-state index in [0.29, 0.717) is 23.6 Å². The fourth-order valence-corrected chi connectivity index (χ4v) is 5.03. The first-order valence-corrected chi connectivity index (χ1v) is 12.6. The van der Waals surface area contributed by atoms with Crippen LogP contribution in [0, 0.1) is 5.82 Å². The Bertz CT molecular complexity index is 1120. The molecule has 0 aromatic heterocycles. The largest absolute Gasteiger partial charge is 0.322 e. The van der Waals surface area contributed by atoms with Gasteiger partial charge in [0.25, 0.3) is 5.91 Å². The molecule has 2 N–H and O–H groups in total. The van der Waals surface area contributed by atoms with Crippen molar-refractivity contribution in [2.75, 3.05) is 19.6 Å². The molecule has 0 saturated carbocycles. The van der Waals surface area contributed by atoms with E-state index in [2.05, 4.69) is 27.4 Å². The summed E-state index contributed by atoms with van der Waals surface area (Å²) in [6, 6.07) is 11.1. The number of carbonyl (C=O) groups is 3. The fraction of sp³-hybridized carbons (Fsp3) is 0.444. The van der Waals surface area contributed by atoms with E-state index < -0.39 is 11.9 Å². The number of piperidine rings is 2. The molecule has 2 fully saturated rings. The quantitative estimate of drug-likeness (QED) is 0.576. The molecule has 0 bridgehead atoms. The highest BCUT2D eigenvalue weighted by molar-refractivity contribution is 6.05. The molecule has 8 nitrogen and oxygen atoms in total. The molecule has 2 saturated heterocycles. The first kappa shape index (κ1) is 26.7. The molecule has 10 heteroatoms. The number of hydrogen-bond donors (Lipinski definition) is 2. The molecule has 1 unspecified atom stereocenters. The minimum atomic E-state index is -0.664. The van der Waals surface area contributed by atoms with Crippen LogP contribution in [-0.2, 0) is 22.7 Å². The number of imide groups is 1. The first-order chi connectivity index (χ1) is 17.9. The third-order valence-corrected chi connectivity index (χ3v) is 6.98. The smallest absolute Gasteiger partial charge is 0.255 e. The Morgan fingerprint density at radius 2 is 1.78 bits per heavy atom. The van der Waals surface area contributed by atoms with Crippen molar-refractivity contribution in [2.45, 2.75) is 57.8 Å². The zero-order valence-electron chi connectivity index (χ0n) is 20.8. The van der Waals surface area contributed by atoms with E-state index in [1.54, 1.807) is 12.1 Å². The second-order valence-corrected chi connectivity index (χ2v) is 9.53. The molecule has 3 heterocycles. The van der Waals surface area contributed by atoms with Gasteiger partial charge in [-0.3, -0.25) is 29.5 Å². The second kappa shape index (κ2) is 12.2. The van der Waals surface area contributed by atoms with E-state index in [9.17, 15) is 23.3 Å². The van der Waals surface area contributed by atoms with E-state index >= 15 is 0 Å². The lowest BCUT2D eigenvalue weighted by Gasteiger charge is -2.32. The van der Waals surface area contributed by atoms with Crippen LogP contribution in [0.1, 0.15) is 54.1 Å². The van der Waals surface area contributed by atoms with E-state index in [-0.39, 0.29) is 36.3 Å². The average molecular weight is 515 g/mol. The van der Waals surface area contributed by atoms with E-state index in [1.807, 2.05) is 12.1 Å². The third-order valence-electron chi connectivity index (χ3n) is 6.98. The van der Waals surface area contributed by atoms with Crippen LogP contribution in [0.4, 0.5) is 8.92 Å².